The summed E-state index contributed by atoms with van der Waals surface area (Å²) in [4.78, 5) is 0. The second-order valence-corrected chi connectivity index (χ2v) is 7.22. The lowest BCUT2D eigenvalue weighted by Crippen LogP contribution is -2.69. The van der Waals surface area contributed by atoms with Crippen LogP contribution in [0.4, 0.5) is 0 Å². The first-order valence-corrected chi connectivity index (χ1v) is 8.46. The van der Waals surface area contributed by atoms with Crippen molar-refractivity contribution in [2.75, 3.05) is 13.2 Å². The van der Waals surface area contributed by atoms with Crippen LogP contribution in [0.3, 0.4) is 0 Å². The molecule has 1 aliphatic heterocycles. The van der Waals surface area contributed by atoms with Gasteiger partial charge in [-0.3, -0.25) is 0 Å². The van der Waals surface area contributed by atoms with Crippen LogP contribution in [-0.2, 0) is 4.74 Å². The molecule has 2 rings (SSSR count). The largest absolute Gasteiger partial charge is 0.377 e. The Labute approximate surface area is 119 Å². The Morgan fingerprint density at radius 3 is 2.79 bits per heavy atom. The second-order valence-electron chi connectivity index (χ2n) is 7.22. The molecule has 1 saturated carbocycles. The van der Waals surface area contributed by atoms with Gasteiger partial charge in [-0.2, -0.15) is 0 Å². The van der Waals surface area contributed by atoms with Gasteiger partial charge in [0.15, 0.2) is 0 Å². The van der Waals surface area contributed by atoms with Crippen molar-refractivity contribution in [2.45, 2.75) is 78.4 Å². The average molecular weight is 267 g/mol. The average Bonchev–Trinajstić information content (AvgIpc) is 2.42. The van der Waals surface area contributed by atoms with Crippen molar-refractivity contribution in [3.8, 4) is 0 Å². The summed E-state index contributed by atoms with van der Waals surface area (Å²) in [5, 5.41) is 3.89. The van der Waals surface area contributed by atoms with Gasteiger partial charge in [-0.1, -0.05) is 47.0 Å². The Balaban J connectivity index is 1.81. The normalized spacial score (nSPS) is 34.4. The van der Waals surface area contributed by atoms with Crippen molar-refractivity contribution < 1.29 is 4.74 Å². The quantitative estimate of drug-likeness (QED) is 0.753. The highest BCUT2D eigenvalue weighted by molar-refractivity contribution is 5.10. The molecule has 4 atom stereocenters. The predicted molar refractivity (Wildman–Crippen MR) is 81.3 cm³/mol. The predicted octanol–water partition coefficient (Wildman–Crippen LogP) is 4.00. The number of unbranched alkanes of at least 4 members (excludes halogenated alkanes) is 1. The summed E-state index contributed by atoms with van der Waals surface area (Å²) in [6.45, 7) is 11.6. The molecule has 112 valence electrons. The van der Waals surface area contributed by atoms with Gasteiger partial charge in [0, 0.05) is 24.0 Å². The molecule has 2 fully saturated rings. The van der Waals surface area contributed by atoms with Crippen LogP contribution < -0.4 is 5.32 Å². The molecule has 4 unspecified atom stereocenters. The topological polar surface area (TPSA) is 21.3 Å². The van der Waals surface area contributed by atoms with Gasteiger partial charge in [-0.05, 0) is 31.7 Å². The third-order valence-corrected chi connectivity index (χ3v) is 5.50. The van der Waals surface area contributed by atoms with Crippen LogP contribution in [0.2, 0.25) is 0 Å². The fraction of sp³-hybridized carbons (Fsp3) is 1.00. The third-order valence-electron chi connectivity index (χ3n) is 5.50. The molecule has 0 radical (unpaired) electrons. The van der Waals surface area contributed by atoms with Crippen LogP contribution in [0.25, 0.3) is 0 Å². The van der Waals surface area contributed by atoms with E-state index in [1.165, 1.54) is 45.1 Å². The summed E-state index contributed by atoms with van der Waals surface area (Å²) in [7, 11) is 0. The Kier molecular flexibility index (Phi) is 5.30. The first-order chi connectivity index (χ1) is 9.11. The highest BCUT2D eigenvalue weighted by Gasteiger charge is 2.57. The van der Waals surface area contributed by atoms with Crippen LogP contribution in [0, 0.1) is 17.3 Å². The minimum atomic E-state index is 0.328. The zero-order valence-corrected chi connectivity index (χ0v) is 13.4. The molecule has 2 heteroatoms. The van der Waals surface area contributed by atoms with Crippen LogP contribution in [-0.4, -0.2) is 25.3 Å². The fourth-order valence-corrected chi connectivity index (χ4v) is 4.17. The Hall–Kier alpha value is -0.0800. The number of fused-ring (bicyclic) bond motifs is 1. The first kappa shape index (κ1) is 15.3. The summed E-state index contributed by atoms with van der Waals surface area (Å²) in [5.41, 5.74) is 0.328. The number of hydrogen-bond donors (Lipinski definition) is 1. The molecular weight excluding hydrogens is 234 g/mol. The van der Waals surface area contributed by atoms with Crippen LogP contribution in [0.5, 0.6) is 0 Å². The molecule has 2 nitrogen and oxygen atoms in total. The van der Waals surface area contributed by atoms with Gasteiger partial charge >= 0.3 is 0 Å². The smallest absolute Gasteiger partial charge is 0.0684 e. The number of ether oxygens (including phenoxy) is 1. The summed E-state index contributed by atoms with van der Waals surface area (Å²) >= 11 is 0. The molecule has 0 spiro atoms. The number of hydrogen-bond acceptors (Lipinski definition) is 2. The molecule has 0 amide bonds. The van der Waals surface area contributed by atoms with E-state index in [9.17, 15) is 0 Å². The van der Waals surface area contributed by atoms with Crippen LogP contribution in [0.15, 0.2) is 0 Å². The standard InChI is InChI=1S/C17H33NO/c1-5-7-9-13(6-2)12-18-15-14-10-8-11-19-16(14)17(15,3)4/h13-16,18H,5-12H2,1-4H3. The molecule has 1 N–H and O–H groups in total. The van der Waals surface area contributed by atoms with E-state index < -0.39 is 0 Å². The van der Waals surface area contributed by atoms with Gasteiger partial charge in [0.1, 0.15) is 0 Å². The van der Waals surface area contributed by atoms with E-state index in [1.54, 1.807) is 0 Å². The summed E-state index contributed by atoms with van der Waals surface area (Å²) < 4.78 is 5.98. The molecule has 1 heterocycles. The maximum absolute atomic E-state index is 5.98. The molecule has 0 aromatic rings. The maximum atomic E-state index is 5.98. The van der Waals surface area contributed by atoms with E-state index in [1.807, 2.05) is 0 Å². The van der Waals surface area contributed by atoms with E-state index in [0.717, 1.165) is 18.4 Å². The molecule has 2 aliphatic rings. The Morgan fingerprint density at radius 1 is 1.32 bits per heavy atom. The van der Waals surface area contributed by atoms with Crippen molar-refractivity contribution in [1.82, 2.24) is 5.32 Å². The molecule has 0 aromatic carbocycles. The Morgan fingerprint density at radius 2 is 2.11 bits per heavy atom. The number of rotatable bonds is 7. The first-order valence-electron chi connectivity index (χ1n) is 8.46. The van der Waals surface area contributed by atoms with E-state index in [4.69, 9.17) is 4.74 Å². The monoisotopic (exact) mass is 267 g/mol. The van der Waals surface area contributed by atoms with E-state index >= 15 is 0 Å². The molecule has 1 aliphatic carbocycles. The molecule has 0 bridgehead atoms. The SMILES string of the molecule is CCCCC(CC)CNC1C2CCCOC2C1(C)C. The molecule has 0 aromatic heterocycles. The second kappa shape index (κ2) is 6.58. The van der Waals surface area contributed by atoms with Crippen LogP contribution in [0.1, 0.15) is 66.2 Å². The highest BCUT2D eigenvalue weighted by atomic mass is 16.5. The maximum Gasteiger partial charge on any atom is 0.0684 e. The molecular formula is C17H33NO. The summed E-state index contributed by atoms with van der Waals surface area (Å²) in [5.74, 6) is 1.63. The Bertz CT molecular complexity index is 276. The fourth-order valence-electron chi connectivity index (χ4n) is 4.17. The van der Waals surface area contributed by atoms with Gasteiger partial charge in [0.2, 0.25) is 0 Å². The van der Waals surface area contributed by atoms with Crippen molar-refractivity contribution in [1.29, 1.82) is 0 Å². The van der Waals surface area contributed by atoms with Crippen LogP contribution >= 0.6 is 0 Å². The van der Waals surface area contributed by atoms with Crippen molar-refractivity contribution >= 4 is 0 Å². The van der Waals surface area contributed by atoms with Gasteiger partial charge in [-0.25, -0.2) is 0 Å². The minimum absolute atomic E-state index is 0.328. The third kappa shape index (κ3) is 3.16. The number of nitrogens with one attached hydrogen (secondary N) is 1. The minimum Gasteiger partial charge on any atom is -0.377 e. The summed E-state index contributed by atoms with van der Waals surface area (Å²) in [6, 6.07) is 0.675. The summed E-state index contributed by atoms with van der Waals surface area (Å²) in [6.07, 6.45) is 8.52. The lowest BCUT2D eigenvalue weighted by atomic mass is 9.55. The van der Waals surface area contributed by atoms with Gasteiger partial charge in [-0.15, -0.1) is 0 Å². The van der Waals surface area contributed by atoms with Crippen molar-refractivity contribution in [3.05, 3.63) is 0 Å². The van der Waals surface area contributed by atoms with Gasteiger partial charge < -0.3 is 10.1 Å². The lowest BCUT2D eigenvalue weighted by Gasteiger charge is -2.60. The van der Waals surface area contributed by atoms with Gasteiger partial charge in [0.05, 0.1) is 6.10 Å². The van der Waals surface area contributed by atoms with Gasteiger partial charge in [0.25, 0.3) is 0 Å². The van der Waals surface area contributed by atoms with Crippen molar-refractivity contribution in [3.63, 3.8) is 0 Å². The zero-order valence-electron chi connectivity index (χ0n) is 13.4. The van der Waals surface area contributed by atoms with E-state index in [2.05, 4.69) is 33.0 Å². The molecule has 19 heavy (non-hydrogen) atoms. The zero-order chi connectivity index (χ0) is 13.9. The van der Waals surface area contributed by atoms with E-state index in [-0.39, 0.29) is 0 Å². The molecule has 1 saturated heterocycles. The van der Waals surface area contributed by atoms with E-state index in [0.29, 0.717) is 17.6 Å². The lowest BCUT2D eigenvalue weighted by molar-refractivity contribution is -0.193. The van der Waals surface area contributed by atoms with Crippen molar-refractivity contribution in [2.24, 2.45) is 17.3 Å². The highest BCUT2D eigenvalue weighted by Crippen LogP contribution is 2.51.